The minimum absolute atomic E-state index is 0.838. The second kappa shape index (κ2) is 8.02. The van der Waals surface area contributed by atoms with Crippen molar-refractivity contribution in [2.24, 2.45) is 11.8 Å². The summed E-state index contributed by atoms with van der Waals surface area (Å²) < 4.78 is 5.36. The molecule has 1 aliphatic heterocycles. The number of benzene rings is 1. The lowest BCUT2D eigenvalue weighted by Crippen LogP contribution is -2.37. The summed E-state index contributed by atoms with van der Waals surface area (Å²) in [6, 6.07) is 8.28. The number of aromatic nitrogens is 1. The van der Waals surface area contributed by atoms with E-state index in [-0.39, 0.29) is 0 Å². The number of hydrogen-bond acceptors (Lipinski definition) is 4. The minimum Gasteiger partial charge on any atom is -0.497 e. The zero-order valence-corrected chi connectivity index (χ0v) is 14.9. The largest absolute Gasteiger partial charge is 0.497 e. The number of nitrogens with zero attached hydrogens (tertiary/aromatic N) is 1. The van der Waals surface area contributed by atoms with Crippen molar-refractivity contribution in [1.82, 2.24) is 10.3 Å². The third kappa shape index (κ3) is 3.99. The van der Waals surface area contributed by atoms with Crippen LogP contribution in [0.2, 0.25) is 0 Å². The molecule has 1 N–H and O–H groups in total. The molecule has 2 aromatic rings. The van der Waals surface area contributed by atoms with E-state index in [1.165, 1.54) is 42.6 Å². The van der Waals surface area contributed by atoms with Crippen LogP contribution < -0.4 is 10.1 Å². The molecular formula is C19H26N2OS. The molecule has 4 heteroatoms. The first kappa shape index (κ1) is 16.6. The SMILES string of the molecule is CC[C@H]1CNCC[C@H]1CSCc1ccnc2ccc(OC)cc12. The maximum absolute atomic E-state index is 5.36. The summed E-state index contributed by atoms with van der Waals surface area (Å²) in [4.78, 5) is 4.47. The Morgan fingerprint density at radius 2 is 2.22 bits per heavy atom. The van der Waals surface area contributed by atoms with Crippen LogP contribution >= 0.6 is 11.8 Å². The van der Waals surface area contributed by atoms with Gasteiger partial charge in [-0.05, 0) is 66.9 Å². The Kier molecular flexibility index (Phi) is 5.79. The molecule has 0 unspecified atom stereocenters. The molecule has 3 nitrogen and oxygen atoms in total. The van der Waals surface area contributed by atoms with Crippen molar-refractivity contribution in [2.45, 2.75) is 25.5 Å². The highest BCUT2D eigenvalue weighted by Gasteiger charge is 2.23. The lowest BCUT2D eigenvalue weighted by atomic mass is 9.86. The first-order chi connectivity index (χ1) is 11.3. The van der Waals surface area contributed by atoms with Crippen LogP contribution in [0, 0.1) is 11.8 Å². The molecule has 23 heavy (non-hydrogen) atoms. The predicted molar refractivity (Wildman–Crippen MR) is 99.2 cm³/mol. The third-order valence-corrected chi connectivity index (χ3v) is 6.10. The molecule has 1 aromatic carbocycles. The van der Waals surface area contributed by atoms with Crippen molar-refractivity contribution in [2.75, 3.05) is 26.0 Å². The fraction of sp³-hybridized carbons (Fsp3) is 0.526. The Morgan fingerprint density at radius 1 is 1.30 bits per heavy atom. The average molecular weight is 330 g/mol. The van der Waals surface area contributed by atoms with Gasteiger partial charge in [0.1, 0.15) is 5.75 Å². The number of thioether (sulfide) groups is 1. The summed E-state index contributed by atoms with van der Waals surface area (Å²) >= 11 is 2.06. The second-order valence-corrected chi connectivity index (χ2v) is 7.32. The van der Waals surface area contributed by atoms with Gasteiger partial charge >= 0.3 is 0 Å². The predicted octanol–water partition coefficient (Wildman–Crippen LogP) is 4.11. The number of methoxy groups -OCH3 is 1. The fourth-order valence-corrected chi connectivity index (χ4v) is 4.76. The molecule has 0 saturated carbocycles. The van der Waals surface area contributed by atoms with E-state index in [2.05, 4.69) is 41.1 Å². The van der Waals surface area contributed by atoms with E-state index in [1.54, 1.807) is 7.11 Å². The molecule has 0 aliphatic carbocycles. The molecular weight excluding hydrogens is 304 g/mol. The zero-order chi connectivity index (χ0) is 16.1. The monoisotopic (exact) mass is 330 g/mol. The van der Waals surface area contributed by atoms with Gasteiger partial charge in [-0.3, -0.25) is 4.98 Å². The van der Waals surface area contributed by atoms with Crippen molar-refractivity contribution in [1.29, 1.82) is 0 Å². The van der Waals surface area contributed by atoms with E-state index in [0.717, 1.165) is 28.9 Å². The highest BCUT2D eigenvalue weighted by Crippen LogP contribution is 2.29. The Hall–Kier alpha value is -1.26. The molecule has 0 spiro atoms. The van der Waals surface area contributed by atoms with Crippen LogP contribution in [-0.4, -0.2) is 30.9 Å². The number of piperidine rings is 1. The Bertz CT molecular complexity index is 646. The molecule has 0 bridgehead atoms. The Labute approximate surface area is 143 Å². The Balaban J connectivity index is 1.67. The van der Waals surface area contributed by atoms with Gasteiger partial charge in [0.2, 0.25) is 0 Å². The Morgan fingerprint density at radius 3 is 3.04 bits per heavy atom. The van der Waals surface area contributed by atoms with Crippen molar-refractivity contribution < 1.29 is 4.74 Å². The molecule has 2 atom stereocenters. The smallest absolute Gasteiger partial charge is 0.119 e. The first-order valence-corrected chi connectivity index (χ1v) is 9.67. The number of pyridine rings is 1. The molecule has 2 heterocycles. The van der Waals surface area contributed by atoms with Crippen molar-refractivity contribution >= 4 is 22.7 Å². The average Bonchev–Trinajstić information content (AvgIpc) is 2.62. The van der Waals surface area contributed by atoms with Crippen molar-refractivity contribution in [3.8, 4) is 5.75 Å². The summed E-state index contributed by atoms with van der Waals surface area (Å²) in [6.07, 6.45) is 4.52. The van der Waals surface area contributed by atoms with Gasteiger partial charge in [-0.25, -0.2) is 0 Å². The number of ether oxygens (including phenoxy) is 1. The fourth-order valence-electron chi connectivity index (χ4n) is 3.43. The summed E-state index contributed by atoms with van der Waals surface area (Å²) in [7, 11) is 1.72. The standard InChI is InChI=1S/C19H26N2OS/c1-3-14-11-20-8-6-15(14)12-23-13-16-7-9-21-19-5-4-17(22-2)10-18(16)19/h4-5,7,9-10,14-15,20H,3,6,8,11-13H2,1-2H3/t14-,15-/m0/s1. The van der Waals surface area contributed by atoms with Gasteiger partial charge in [-0.1, -0.05) is 13.3 Å². The summed E-state index contributed by atoms with van der Waals surface area (Å²) in [5, 5.41) is 4.75. The van der Waals surface area contributed by atoms with Crippen LogP contribution in [0.15, 0.2) is 30.5 Å². The lowest BCUT2D eigenvalue weighted by molar-refractivity contribution is 0.272. The molecule has 0 amide bonds. The highest BCUT2D eigenvalue weighted by molar-refractivity contribution is 7.98. The summed E-state index contributed by atoms with van der Waals surface area (Å²) in [5.74, 6) is 4.90. The van der Waals surface area contributed by atoms with E-state index >= 15 is 0 Å². The van der Waals surface area contributed by atoms with Crippen LogP contribution in [0.1, 0.15) is 25.3 Å². The highest BCUT2D eigenvalue weighted by atomic mass is 32.2. The quantitative estimate of drug-likeness (QED) is 0.864. The van der Waals surface area contributed by atoms with E-state index < -0.39 is 0 Å². The molecule has 0 radical (unpaired) electrons. The van der Waals surface area contributed by atoms with Gasteiger partial charge in [0.15, 0.2) is 0 Å². The van der Waals surface area contributed by atoms with E-state index in [1.807, 2.05) is 18.3 Å². The van der Waals surface area contributed by atoms with E-state index in [9.17, 15) is 0 Å². The van der Waals surface area contributed by atoms with Gasteiger partial charge < -0.3 is 10.1 Å². The summed E-state index contributed by atoms with van der Waals surface area (Å²) in [5.41, 5.74) is 2.41. The van der Waals surface area contributed by atoms with Gasteiger partial charge in [0.25, 0.3) is 0 Å². The molecule has 1 fully saturated rings. The maximum Gasteiger partial charge on any atom is 0.119 e. The molecule has 1 saturated heterocycles. The molecule has 1 aliphatic rings. The van der Waals surface area contributed by atoms with Crippen LogP contribution in [0.25, 0.3) is 10.9 Å². The normalized spacial score (nSPS) is 21.5. The van der Waals surface area contributed by atoms with Crippen LogP contribution in [0.3, 0.4) is 0 Å². The van der Waals surface area contributed by atoms with Crippen molar-refractivity contribution in [3.05, 3.63) is 36.0 Å². The van der Waals surface area contributed by atoms with Crippen molar-refractivity contribution in [3.63, 3.8) is 0 Å². The van der Waals surface area contributed by atoms with E-state index in [4.69, 9.17) is 4.74 Å². The van der Waals surface area contributed by atoms with Crippen LogP contribution in [0.4, 0.5) is 0 Å². The topological polar surface area (TPSA) is 34.2 Å². The maximum atomic E-state index is 5.36. The van der Waals surface area contributed by atoms with Gasteiger partial charge in [0.05, 0.1) is 12.6 Å². The van der Waals surface area contributed by atoms with Gasteiger partial charge in [-0.2, -0.15) is 11.8 Å². The molecule has 1 aromatic heterocycles. The van der Waals surface area contributed by atoms with E-state index in [0.29, 0.717) is 0 Å². The van der Waals surface area contributed by atoms with Gasteiger partial charge in [-0.15, -0.1) is 0 Å². The summed E-state index contributed by atoms with van der Waals surface area (Å²) in [6.45, 7) is 4.69. The lowest BCUT2D eigenvalue weighted by Gasteiger charge is -2.31. The van der Waals surface area contributed by atoms with Crippen LogP contribution in [-0.2, 0) is 5.75 Å². The number of nitrogens with one attached hydrogen (secondary N) is 1. The third-order valence-electron chi connectivity index (χ3n) is 4.92. The number of hydrogen-bond donors (Lipinski definition) is 1. The minimum atomic E-state index is 0.838. The van der Waals surface area contributed by atoms with Crippen LogP contribution in [0.5, 0.6) is 5.75 Å². The second-order valence-electron chi connectivity index (χ2n) is 6.29. The molecule has 124 valence electrons. The zero-order valence-electron chi connectivity index (χ0n) is 14.0. The number of fused-ring (bicyclic) bond motifs is 1. The molecule has 3 rings (SSSR count). The first-order valence-electron chi connectivity index (χ1n) is 8.52. The van der Waals surface area contributed by atoms with Gasteiger partial charge in [0, 0.05) is 17.3 Å². The number of rotatable bonds is 6.